The van der Waals surface area contributed by atoms with Crippen LogP contribution in [0.25, 0.3) is 0 Å². The van der Waals surface area contributed by atoms with Crippen molar-refractivity contribution < 1.29 is 9.90 Å². The number of hydrogen-bond acceptors (Lipinski definition) is 2. The van der Waals surface area contributed by atoms with Crippen molar-refractivity contribution >= 4 is 5.97 Å². The van der Waals surface area contributed by atoms with E-state index in [1.165, 1.54) is 10.6 Å². The molecule has 4 nitrogen and oxygen atoms in total. The van der Waals surface area contributed by atoms with Gasteiger partial charge in [0.25, 0.3) is 0 Å². The first-order chi connectivity index (χ1) is 4.75. The van der Waals surface area contributed by atoms with E-state index in [1.54, 1.807) is 12.3 Å². The number of carboxylic acids is 1. The van der Waals surface area contributed by atoms with Crippen molar-refractivity contribution in [3.8, 4) is 0 Å². The first kappa shape index (κ1) is 6.82. The summed E-state index contributed by atoms with van der Waals surface area (Å²) < 4.78 is 1.46. The van der Waals surface area contributed by atoms with Crippen molar-refractivity contribution in [2.75, 3.05) is 0 Å². The van der Waals surface area contributed by atoms with Crippen LogP contribution in [0.5, 0.6) is 0 Å². The van der Waals surface area contributed by atoms with Crippen LogP contribution in [0.4, 0.5) is 0 Å². The number of carboxylic acid groups (broad SMARTS) is 1. The molecule has 0 saturated heterocycles. The van der Waals surface area contributed by atoms with Crippen LogP contribution in [-0.4, -0.2) is 15.6 Å². The number of rotatable bonds is 2. The lowest BCUT2D eigenvalue weighted by Gasteiger charge is -1.99. The van der Waals surface area contributed by atoms with Crippen molar-refractivity contribution in [3.63, 3.8) is 0 Å². The Bertz CT molecular complexity index is 242. The number of carbonyl (C=O) groups is 1. The maximum Gasteiger partial charge on any atom is 0.352 e. The molecule has 0 atom stereocenters. The van der Waals surface area contributed by atoms with Gasteiger partial charge in [-0.15, -0.1) is 0 Å². The summed E-state index contributed by atoms with van der Waals surface area (Å²) in [6.45, 7) is 0.203. The second kappa shape index (κ2) is 2.53. The Morgan fingerprint density at radius 2 is 2.50 bits per heavy atom. The molecule has 10 heavy (non-hydrogen) atoms. The average molecular weight is 140 g/mol. The topological polar surface area (TPSA) is 68.2 Å². The molecule has 0 aromatic carbocycles. The summed E-state index contributed by atoms with van der Waals surface area (Å²) in [5.41, 5.74) is 5.46. The normalized spacial score (nSPS) is 9.70. The van der Waals surface area contributed by atoms with Crippen LogP contribution in [-0.2, 0) is 6.67 Å². The number of nitrogens with zero attached hydrogens (tertiary/aromatic N) is 1. The van der Waals surface area contributed by atoms with E-state index in [-0.39, 0.29) is 12.4 Å². The third-order valence-corrected chi connectivity index (χ3v) is 1.25. The number of hydrogen-bond donors (Lipinski definition) is 2. The number of aromatic carboxylic acids is 1. The quantitative estimate of drug-likeness (QED) is 0.612. The molecule has 1 rings (SSSR count). The number of nitrogens with two attached hydrogens (primary N) is 1. The predicted molar refractivity (Wildman–Crippen MR) is 35.6 cm³/mol. The van der Waals surface area contributed by atoms with Gasteiger partial charge < -0.3 is 15.4 Å². The van der Waals surface area contributed by atoms with E-state index in [2.05, 4.69) is 0 Å². The van der Waals surface area contributed by atoms with Crippen LogP contribution in [0.2, 0.25) is 0 Å². The molecule has 1 aromatic heterocycles. The van der Waals surface area contributed by atoms with E-state index in [4.69, 9.17) is 10.8 Å². The minimum absolute atomic E-state index is 0.203. The average Bonchev–Trinajstić information content (AvgIpc) is 2.33. The molecule has 1 heterocycles. The van der Waals surface area contributed by atoms with E-state index in [1.807, 2.05) is 0 Å². The van der Waals surface area contributed by atoms with E-state index in [0.717, 1.165) is 0 Å². The molecule has 1 aromatic rings. The minimum atomic E-state index is -0.949. The SMILES string of the molecule is NCn1cccc1C(=O)O. The molecule has 0 unspecified atom stereocenters. The van der Waals surface area contributed by atoms with E-state index in [9.17, 15) is 4.79 Å². The molecule has 0 radical (unpaired) electrons. The van der Waals surface area contributed by atoms with Gasteiger partial charge >= 0.3 is 5.97 Å². The zero-order valence-electron chi connectivity index (χ0n) is 5.32. The number of aromatic nitrogens is 1. The second-order valence-corrected chi connectivity index (χ2v) is 1.85. The lowest BCUT2D eigenvalue weighted by molar-refractivity contribution is 0.0685. The van der Waals surface area contributed by atoms with Gasteiger partial charge in [0.15, 0.2) is 0 Å². The predicted octanol–water partition coefficient (Wildman–Crippen LogP) is 0.102. The Balaban J connectivity index is 3.01. The highest BCUT2D eigenvalue weighted by molar-refractivity contribution is 5.85. The van der Waals surface area contributed by atoms with Crippen LogP contribution < -0.4 is 5.73 Å². The molecule has 0 aliphatic carbocycles. The summed E-state index contributed by atoms with van der Waals surface area (Å²) in [6, 6.07) is 3.16. The van der Waals surface area contributed by atoms with Crippen molar-refractivity contribution in [1.82, 2.24) is 4.57 Å². The summed E-state index contributed by atoms with van der Waals surface area (Å²) in [6.07, 6.45) is 1.63. The molecule has 3 N–H and O–H groups in total. The second-order valence-electron chi connectivity index (χ2n) is 1.85. The highest BCUT2D eigenvalue weighted by atomic mass is 16.4. The Hall–Kier alpha value is -1.29. The van der Waals surface area contributed by atoms with Gasteiger partial charge in [-0.3, -0.25) is 0 Å². The van der Waals surface area contributed by atoms with Crippen LogP contribution in [0.1, 0.15) is 10.5 Å². The van der Waals surface area contributed by atoms with Gasteiger partial charge in [-0.25, -0.2) is 4.79 Å². The van der Waals surface area contributed by atoms with Gasteiger partial charge in [0.1, 0.15) is 5.69 Å². The summed E-state index contributed by atoms with van der Waals surface area (Å²) in [5.74, 6) is -0.949. The van der Waals surface area contributed by atoms with Gasteiger partial charge in [0, 0.05) is 6.20 Å². The van der Waals surface area contributed by atoms with E-state index in [0.29, 0.717) is 0 Å². The monoisotopic (exact) mass is 140 g/mol. The first-order valence-corrected chi connectivity index (χ1v) is 2.84. The third-order valence-electron chi connectivity index (χ3n) is 1.25. The molecular weight excluding hydrogens is 132 g/mol. The summed E-state index contributed by atoms with van der Waals surface area (Å²) >= 11 is 0. The molecule has 0 aliphatic heterocycles. The van der Waals surface area contributed by atoms with Gasteiger partial charge in [-0.2, -0.15) is 0 Å². The zero-order chi connectivity index (χ0) is 7.56. The standard InChI is InChI=1S/C6H8N2O2/c7-4-8-3-1-2-5(8)6(9)10/h1-3H,4,7H2,(H,9,10). The Morgan fingerprint density at radius 1 is 1.80 bits per heavy atom. The lowest BCUT2D eigenvalue weighted by Crippen LogP contribution is -2.12. The molecule has 0 spiro atoms. The largest absolute Gasteiger partial charge is 0.477 e. The van der Waals surface area contributed by atoms with Crippen LogP contribution in [0.15, 0.2) is 18.3 Å². The van der Waals surface area contributed by atoms with Crippen molar-refractivity contribution in [2.45, 2.75) is 6.67 Å². The summed E-state index contributed by atoms with van der Waals surface area (Å²) in [5, 5.41) is 8.51. The Kier molecular flexibility index (Phi) is 1.73. The van der Waals surface area contributed by atoms with Gasteiger partial charge in [0.05, 0.1) is 6.67 Å². The first-order valence-electron chi connectivity index (χ1n) is 2.84. The van der Waals surface area contributed by atoms with Crippen molar-refractivity contribution in [1.29, 1.82) is 0 Å². The van der Waals surface area contributed by atoms with Crippen LogP contribution in [0.3, 0.4) is 0 Å². The Morgan fingerprint density at radius 3 is 2.90 bits per heavy atom. The van der Waals surface area contributed by atoms with E-state index >= 15 is 0 Å². The fourth-order valence-electron chi connectivity index (χ4n) is 0.767. The van der Waals surface area contributed by atoms with Crippen LogP contribution in [0, 0.1) is 0 Å². The molecule has 0 bridgehead atoms. The Labute approximate surface area is 57.9 Å². The highest BCUT2D eigenvalue weighted by Crippen LogP contribution is 1.99. The summed E-state index contributed by atoms with van der Waals surface area (Å²) in [7, 11) is 0. The fraction of sp³-hybridized carbons (Fsp3) is 0.167. The van der Waals surface area contributed by atoms with Gasteiger partial charge in [-0.1, -0.05) is 0 Å². The molecule has 0 aliphatic rings. The minimum Gasteiger partial charge on any atom is -0.477 e. The molecule has 4 heteroatoms. The van der Waals surface area contributed by atoms with Crippen molar-refractivity contribution in [3.05, 3.63) is 24.0 Å². The van der Waals surface area contributed by atoms with Crippen LogP contribution >= 0.6 is 0 Å². The lowest BCUT2D eigenvalue weighted by atomic mass is 10.4. The smallest absolute Gasteiger partial charge is 0.352 e. The maximum atomic E-state index is 10.4. The van der Waals surface area contributed by atoms with Crippen molar-refractivity contribution in [2.24, 2.45) is 5.73 Å². The summed E-state index contributed by atoms with van der Waals surface area (Å²) in [4.78, 5) is 10.4. The highest BCUT2D eigenvalue weighted by Gasteiger charge is 2.05. The maximum absolute atomic E-state index is 10.4. The fourth-order valence-corrected chi connectivity index (χ4v) is 0.767. The third kappa shape index (κ3) is 1.01. The molecule has 0 fully saturated rings. The molecule has 0 amide bonds. The van der Waals surface area contributed by atoms with E-state index < -0.39 is 5.97 Å². The van der Waals surface area contributed by atoms with Gasteiger partial charge in [0.2, 0.25) is 0 Å². The molecular formula is C6H8N2O2. The molecule has 54 valence electrons. The molecule has 0 saturated carbocycles. The van der Waals surface area contributed by atoms with Gasteiger partial charge in [-0.05, 0) is 12.1 Å². The zero-order valence-corrected chi connectivity index (χ0v) is 5.32.